The fourth-order valence-electron chi connectivity index (χ4n) is 9.47. The molecule has 3 aromatic rings. The van der Waals surface area contributed by atoms with E-state index in [0.717, 1.165) is 49.9 Å². The van der Waals surface area contributed by atoms with Crippen LogP contribution in [0.5, 0.6) is 0 Å². The molecule has 3 aliphatic rings. The Balaban J connectivity index is 0.00000462. The van der Waals surface area contributed by atoms with Crippen molar-refractivity contribution in [2.45, 2.75) is 106 Å². The molecule has 2 heterocycles. The number of rotatable bonds is 8. The first kappa shape index (κ1) is 52.5. The first-order chi connectivity index (χ1) is 29.4. The van der Waals surface area contributed by atoms with Gasteiger partial charge in [-0.3, -0.25) is 9.59 Å². The largest absolute Gasteiger partial charge is 0.458 e. The number of hydrogen-bond acceptors (Lipinski definition) is 7. The first-order valence-electron chi connectivity index (χ1n) is 21.0. The van der Waals surface area contributed by atoms with Crippen LogP contribution in [0, 0.1) is 42.4 Å². The fourth-order valence-corrected chi connectivity index (χ4v) is 9.47. The molecule has 2 fully saturated rings. The van der Waals surface area contributed by atoms with Crippen LogP contribution in [0.2, 0.25) is 0 Å². The third-order valence-corrected chi connectivity index (χ3v) is 12.3. The number of amides is 2. The van der Waals surface area contributed by atoms with E-state index >= 15 is 0 Å². The van der Waals surface area contributed by atoms with E-state index in [1.807, 2.05) is 27.7 Å². The Hall–Kier alpha value is -5.09. The van der Waals surface area contributed by atoms with Crippen LogP contribution in [-0.2, 0) is 46.1 Å². The molecular weight excluding hydrogens is 912 g/mol. The van der Waals surface area contributed by atoms with Gasteiger partial charge in [-0.1, -0.05) is 59.7 Å². The summed E-state index contributed by atoms with van der Waals surface area (Å²) in [6.07, 6.45) is -5.86. The van der Waals surface area contributed by atoms with Gasteiger partial charge in [0.2, 0.25) is 0 Å². The van der Waals surface area contributed by atoms with E-state index in [9.17, 15) is 45.5 Å². The monoisotopic (exact) mass is 963 g/mol. The van der Waals surface area contributed by atoms with Crippen LogP contribution in [0.4, 0.5) is 32.2 Å². The summed E-state index contributed by atoms with van der Waals surface area (Å²) in [4.78, 5) is 64.4. The van der Waals surface area contributed by atoms with Gasteiger partial charge < -0.3 is 30.6 Å². The van der Waals surface area contributed by atoms with Crippen molar-refractivity contribution < 1.29 is 79.9 Å². The zero-order valence-electron chi connectivity index (χ0n) is 37.5. The van der Waals surface area contributed by atoms with Crippen LogP contribution < -0.4 is 15.6 Å². The second kappa shape index (κ2) is 20.6. The molecule has 11 nitrogen and oxygen atoms in total. The average molecular weight is 965 g/mol. The summed E-state index contributed by atoms with van der Waals surface area (Å²) in [5.41, 5.74) is -2.64. The third-order valence-electron chi connectivity index (χ3n) is 12.3. The van der Waals surface area contributed by atoms with Gasteiger partial charge in [0.1, 0.15) is 23.6 Å². The molecular formula is C47H53F6N4O7Zn-. The fraction of sp³-hybridized carbons (Fsp3) is 0.468. The van der Waals surface area contributed by atoms with Gasteiger partial charge in [-0.25, -0.2) is 14.6 Å². The Bertz CT molecular complexity index is 2370. The number of ether oxygens (including phenoxy) is 2. The van der Waals surface area contributed by atoms with Crippen molar-refractivity contribution in [3.8, 4) is 0 Å². The van der Waals surface area contributed by atoms with Gasteiger partial charge in [-0.05, 0) is 134 Å². The molecule has 1 aliphatic heterocycles. The van der Waals surface area contributed by atoms with Crippen molar-refractivity contribution in [2.75, 3.05) is 5.32 Å². The topological polar surface area (TPSA) is 169 Å². The summed E-state index contributed by atoms with van der Waals surface area (Å²) >= 11 is 0. The molecule has 4 atom stereocenters. The maximum Gasteiger partial charge on any atom is 0.416 e. The molecule has 4 unspecified atom stereocenters. The van der Waals surface area contributed by atoms with Gasteiger partial charge in [-0.15, -0.1) is 0 Å². The average Bonchev–Trinajstić information content (AvgIpc) is 3.66. The van der Waals surface area contributed by atoms with Crippen molar-refractivity contribution in [3.05, 3.63) is 104 Å². The summed E-state index contributed by atoms with van der Waals surface area (Å²) in [5.74, 6) is -3.45. The van der Waals surface area contributed by atoms with Gasteiger partial charge in [0, 0.05) is 30.6 Å². The summed E-state index contributed by atoms with van der Waals surface area (Å²) in [5, 5.41) is 4.99. The molecule has 6 rings (SSSR count). The SMILES string of the molecule is CC1=C(C(=O)OC2C(C)CC(C)CC2C)C(NC(=O)c2cccc(C(F)(F)F)c2)=N/C1=C\c1[n-]c(NC(=O)c2cccc(C(F)(F)F)c2)c(C(=O)OC2C(C)CC(C)CC2C)c1C.O.[Zn]. The minimum Gasteiger partial charge on any atom is -0.458 e. The Morgan fingerprint density at radius 2 is 1.12 bits per heavy atom. The zero-order chi connectivity index (χ0) is 46.3. The normalized spacial score (nSPS) is 25.2. The van der Waals surface area contributed by atoms with Gasteiger partial charge in [-0.2, -0.15) is 26.3 Å². The van der Waals surface area contributed by atoms with E-state index in [1.165, 1.54) is 32.1 Å². The molecule has 2 aliphatic carbocycles. The molecule has 2 aromatic carbocycles. The van der Waals surface area contributed by atoms with Crippen LogP contribution in [0.25, 0.3) is 6.08 Å². The number of benzene rings is 2. The van der Waals surface area contributed by atoms with Crippen LogP contribution >= 0.6 is 0 Å². The molecule has 2 amide bonds. The van der Waals surface area contributed by atoms with Crippen LogP contribution in [-0.4, -0.2) is 47.3 Å². The number of esters is 2. The predicted molar refractivity (Wildman–Crippen MR) is 227 cm³/mol. The minimum atomic E-state index is -4.74. The van der Waals surface area contributed by atoms with E-state index in [-0.39, 0.29) is 105 Å². The molecule has 2 saturated carbocycles. The maximum absolute atomic E-state index is 14.1. The number of amidine groups is 1. The Morgan fingerprint density at radius 1 is 0.692 bits per heavy atom. The van der Waals surface area contributed by atoms with E-state index in [2.05, 4.69) is 34.5 Å². The molecule has 1 aromatic heterocycles. The van der Waals surface area contributed by atoms with Crippen LogP contribution in [0.3, 0.4) is 0 Å². The summed E-state index contributed by atoms with van der Waals surface area (Å²) in [6, 6.07) is 7.49. The number of hydrogen-bond donors (Lipinski definition) is 2. The first-order valence-corrected chi connectivity index (χ1v) is 21.0. The number of carbonyl (C=O) groups is 4. The van der Waals surface area contributed by atoms with E-state index in [0.29, 0.717) is 24.0 Å². The minimum absolute atomic E-state index is 0. The number of carbonyl (C=O) groups excluding carboxylic acids is 4. The summed E-state index contributed by atoms with van der Waals surface area (Å²) in [7, 11) is 0. The molecule has 0 radical (unpaired) electrons. The van der Waals surface area contributed by atoms with Crippen molar-refractivity contribution in [1.82, 2.24) is 10.3 Å². The number of anilines is 1. The summed E-state index contributed by atoms with van der Waals surface area (Å²) in [6.45, 7) is 15.2. The smallest absolute Gasteiger partial charge is 0.416 e. The summed E-state index contributed by atoms with van der Waals surface area (Å²) < 4.78 is 93.7. The van der Waals surface area contributed by atoms with Crippen molar-refractivity contribution in [3.63, 3.8) is 0 Å². The quantitative estimate of drug-likeness (QED) is 0.129. The Morgan fingerprint density at radius 3 is 1.57 bits per heavy atom. The Kier molecular flexibility index (Phi) is 16.7. The second-order valence-electron chi connectivity index (χ2n) is 17.7. The maximum atomic E-state index is 14.1. The Labute approximate surface area is 386 Å². The van der Waals surface area contributed by atoms with Gasteiger partial charge in [0.25, 0.3) is 5.91 Å². The number of nitrogens with zero attached hydrogens (tertiary/aromatic N) is 2. The molecule has 4 N–H and O–H groups in total. The molecule has 0 bridgehead atoms. The van der Waals surface area contributed by atoms with Crippen molar-refractivity contribution in [1.29, 1.82) is 0 Å². The molecule has 65 heavy (non-hydrogen) atoms. The van der Waals surface area contributed by atoms with Crippen molar-refractivity contribution in [2.24, 2.45) is 40.5 Å². The number of aliphatic imine (C=N–C) groups is 1. The standard InChI is InChI=1S/C47H52F6N4O6.H2O.Zn/c1-22-15-24(3)38(25(4)16-22)62-44(60)36-28(7)34(54-40(36)56-42(58)30-11-9-13-32(19-30)46(48,49)50)21-35-29(8)37(45(61)63-39-26(5)17-23(2)18-27(39)6)41(55-35)57-43(59)31-12-10-14-33(20-31)47(51,52)53;;/h9-14,19-27,38-39H,15-18H2,1-8H3,(H3,54,55,56,57,58,59,60,61);1H2;/p-1. The van der Waals surface area contributed by atoms with E-state index in [4.69, 9.17) is 9.47 Å². The molecule has 348 valence electrons. The third kappa shape index (κ3) is 11.8. The van der Waals surface area contributed by atoms with Crippen LogP contribution in [0.15, 0.2) is 70.4 Å². The number of nitrogens with one attached hydrogen (secondary N) is 2. The number of alkyl halides is 6. The second-order valence-corrected chi connectivity index (χ2v) is 17.7. The van der Waals surface area contributed by atoms with Gasteiger partial charge in [0.15, 0.2) is 5.91 Å². The molecule has 18 heteroatoms. The zero-order valence-corrected chi connectivity index (χ0v) is 40.4. The number of halogens is 6. The van der Waals surface area contributed by atoms with Crippen molar-refractivity contribution >= 4 is 41.5 Å². The molecule has 0 spiro atoms. The number of aromatic nitrogens is 1. The predicted octanol–water partition coefficient (Wildman–Crippen LogP) is 9.76. The number of allylic oxidation sites excluding steroid dienone is 1. The van der Waals surface area contributed by atoms with Gasteiger partial charge >= 0.3 is 24.3 Å². The van der Waals surface area contributed by atoms with E-state index in [1.54, 1.807) is 0 Å². The van der Waals surface area contributed by atoms with Crippen LogP contribution in [0.1, 0.15) is 128 Å². The van der Waals surface area contributed by atoms with E-state index < -0.39 is 59.4 Å². The molecule has 0 saturated heterocycles. The van der Waals surface area contributed by atoms with Gasteiger partial charge in [0.05, 0.1) is 22.4 Å².